The van der Waals surface area contributed by atoms with Crippen molar-refractivity contribution in [2.75, 3.05) is 0 Å². The summed E-state index contributed by atoms with van der Waals surface area (Å²) >= 11 is 0. The molecule has 0 aliphatic heterocycles. The lowest BCUT2D eigenvalue weighted by atomic mass is 9.83. The smallest absolute Gasteiger partial charge is 0.338 e. The van der Waals surface area contributed by atoms with Gasteiger partial charge in [-0.25, -0.2) is 4.79 Å². The highest BCUT2D eigenvalue weighted by molar-refractivity contribution is 5.89. The summed E-state index contributed by atoms with van der Waals surface area (Å²) < 4.78 is 5.18. The van der Waals surface area contributed by atoms with E-state index in [0.717, 1.165) is 38.2 Å². The lowest BCUT2D eigenvalue weighted by Crippen LogP contribution is -2.14. The predicted octanol–water partition coefficient (Wildman–Crippen LogP) is 4.03. The second kappa shape index (κ2) is 7.20. The van der Waals surface area contributed by atoms with Gasteiger partial charge < -0.3 is 4.74 Å². The third-order valence-electron chi connectivity index (χ3n) is 4.08. The highest BCUT2D eigenvalue weighted by Gasteiger charge is 2.31. The number of esters is 1. The molecule has 0 spiro atoms. The Morgan fingerprint density at radius 2 is 1.79 bits per heavy atom. The molecule has 0 unspecified atom stereocenters. The van der Waals surface area contributed by atoms with Crippen molar-refractivity contribution in [3.63, 3.8) is 0 Å². The summed E-state index contributed by atoms with van der Waals surface area (Å²) in [6.45, 7) is 4.89. The molecule has 8 heteroatoms. The minimum atomic E-state index is -0.788. The number of nitrogens with zero attached hydrogens (tertiary/aromatic N) is 2. The Bertz CT molecular complexity index is 707. The molecule has 128 valence electrons. The summed E-state index contributed by atoms with van der Waals surface area (Å²) in [6, 6.07) is 2.11. The molecule has 1 aliphatic rings. The molecule has 2 rings (SSSR count). The fourth-order valence-electron chi connectivity index (χ4n) is 2.87. The van der Waals surface area contributed by atoms with Crippen LogP contribution in [0, 0.1) is 20.2 Å². The van der Waals surface area contributed by atoms with Crippen molar-refractivity contribution in [1.29, 1.82) is 0 Å². The molecule has 0 bridgehead atoms. The van der Waals surface area contributed by atoms with E-state index in [4.69, 9.17) is 4.74 Å². The molecule has 0 N–H and O–H groups in total. The Balaban J connectivity index is 2.61. The van der Waals surface area contributed by atoms with E-state index < -0.39 is 21.5 Å². The van der Waals surface area contributed by atoms with Gasteiger partial charge in [-0.05, 0) is 25.7 Å². The Morgan fingerprint density at radius 1 is 1.17 bits per heavy atom. The molecule has 0 amide bonds. The number of hydrogen-bond acceptors (Lipinski definition) is 6. The number of hydrogen-bond donors (Lipinski definition) is 0. The Morgan fingerprint density at radius 3 is 2.29 bits per heavy atom. The van der Waals surface area contributed by atoms with Crippen molar-refractivity contribution in [2.45, 2.75) is 44.9 Å². The van der Waals surface area contributed by atoms with E-state index in [2.05, 4.69) is 6.58 Å². The molecular formula is C16H18N2O6. The molecule has 0 heterocycles. The summed E-state index contributed by atoms with van der Waals surface area (Å²) in [5.74, 6) is -1.10. The van der Waals surface area contributed by atoms with Gasteiger partial charge in [-0.3, -0.25) is 20.2 Å². The van der Waals surface area contributed by atoms with Crippen molar-refractivity contribution in [2.24, 2.45) is 0 Å². The summed E-state index contributed by atoms with van der Waals surface area (Å²) in [7, 11) is 0. The molecule has 0 aromatic heterocycles. The summed E-state index contributed by atoms with van der Waals surface area (Å²) in [5, 5.41) is 22.5. The summed E-state index contributed by atoms with van der Waals surface area (Å²) in [5.41, 5.74) is -0.501. The zero-order valence-electron chi connectivity index (χ0n) is 13.3. The second-order valence-electron chi connectivity index (χ2n) is 5.90. The predicted molar refractivity (Wildman–Crippen MR) is 86.0 cm³/mol. The topological polar surface area (TPSA) is 113 Å². The van der Waals surface area contributed by atoms with Crippen LogP contribution in [0.15, 0.2) is 24.3 Å². The van der Waals surface area contributed by atoms with Crippen LogP contribution in [0.4, 0.5) is 11.4 Å². The number of ether oxygens (including phenoxy) is 1. The van der Waals surface area contributed by atoms with Crippen molar-refractivity contribution in [3.8, 4) is 5.75 Å². The highest BCUT2D eigenvalue weighted by Crippen LogP contribution is 2.44. The Hall–Kier alpha value is -2.77. The number of nitro groups is 2. The number of carbonyl (C=O) groups excluding carboxylic acids is 1. The van der Waals surface area contributed by atoms with Crippen LogP contribution >= 0.6 is 0 Å². The minimum absolute atomic E-state index is 0.0947. The first kappa shape index (κ1) is 17.6. The largest absolute Gasteiger partial charge is 0.415 e. The van der Waals surface area contributed by atoms with Gasteiger partial charge in [0.15, 0.2) is 0 Å². The highest BCUT2D eigenvalue weighted by atomic mass is 16.6. The van der Waals surface area contributed by atoms with E-state index in [1.165, 1.54) is 13.0 Å². The first-order valence-electron chi connectivity index (χ1n) is 7.65. The van der Waals surface area contributed by atoms with Gasteiger partial charge in [0.1, 0.15) is 0 Å². The SMILES string of the molecule is C=C(C)C(=O)Oc1c(C2CCCCC2)cc([N+](=O)[O-])cc1[N+](=O)[O-]. The van der Waals surface area contributed by atoms with E-state index in [1.54, 1.807) is 0 Å². The molecule has 1 fully saturated rings. The van der Waals surface area contributed by atoms with Crippen LogP contribution in [0.3, 0.4) is 0 Å². The van der Waals surface area contributed by atoms with Crippen LogP contribution in [0.5, 0.6) is 5.75 Å². The average molecular weight is 334 g/mol. The normalized spacial score (nSPS) is 14.9. The van der Waals surface area contributed by atoms with Crippen molar-refractivity contribution < 1.29 is 19.4 Å². The first-order valence-corrected chi connectivity index (χ1v) is 7.65. The zero-order chi connectivity index (χ0) is 17.9. The number of benzene rings is 1. The van der Waals surface area contributed by atoms with Crippen molar-refractivity contribution in [1.82, 2.24) is 0 Å². The van der Waals surface area contributed by atoms with Crippen LogP contribution in [0.1, 0.15) is 50.5 Å². The summed E-state index contributed by atoms with van der Waals surface area (Å²) in [6.07, 6.45) is 4.39. The summed E-state index contributed by atoms with van der Waals surface area (Å²) in [4.78, 5) is 32.9. The maximum atomic E-state index is 11.9. The van der Waals surface area contributed by atoms with Crippen LogP contribution in [-0.2, 0) is 4.79 Å². The number of carbonyl (C=O) groups is 1. The minimum Gasteiger partial charge on any atom is -0.415 e. The third kappa shape index (κ3) is 3.76. The molecule has 1 saturated carbocycles. The van der Waals surface area contributed by atoms with Gasteiger partial charge in [-0.15, -0.1) is 0 Å². The molecular weight excluding hydrogens is 316 g/mol. The van der Waals surface area contributed by atoms with Crippen molar-refractivity contribution >= 4 is 17.3 Å². The maximum absolute atomic E-state index is 11.9. The standard InChI is InChI=1S/C16H18N2O6/c1-10(2)16(19)24-15-13(11-6-4-3-5-7-11)8-12(17(20)21)9-14(15)18(22)23/h8-9,11H,1,3-7H2,2H3. The van der Waals surface area contributed by atoms with E-state index in [1.807, 2.05) is 0 Å². The van der Waals surface area contributed by atoms with Crippen LogP contribution in [0.25, 0.3) is 0 Å². The van der Waals surface area contributed by atoms with Gasteiger partial charge >= 0.3 is 11.7 Å². The van der Waals surface area contributed by atoms with Gasteiger partial charge in [-0.1, -0.05) is 25.8 Å². The number of non-ortho nitro benzene ring substituents is 1. The molecule has 0 saturated heterocycles. The molecule has 1 aliphatic carbocycles. The van der Waals surface area contributed by atoms with Crippen molar-refractivity contribution in [3.05, 3.63) is 50.1 Å². The van der Waals surface area contributed by atoms with Gasteiger partial charge in [0, 0.05) is 17.2 Å². The Labute approximate surface area is 138 Å². The quantitative estimate of drug-likeness (QED) is 0.264. The van der Waals surface area contributed by atoms with Gasteiger partial charge in [0.2, 0.25) is 5.75 Å². The second-order valence-corrected chi connectivity index (χ2v) is 5.90. The average Bonchev–Trinajstić information content (AvgIpc) is 2.55. The van der Waals surface area contributed by atoms with Crippen LogP contribution in [0.2, 0.25) is 0 Å². The molecule has 1 aromatic rings. The molecule has 0 radical (unpaired) electrons. The number of nitro benzene ring substituents is 2. The van der Waals surface area contributed by atoms with E-state index in [9.17, 15) is 25.0 Å². The molecule has 8 nitrogen and oxygen atoms in total. The fourth-order valence-corrected chi connectivity index (χ4v) is 2.87. The van der Waals surface area contributed by atoms with Gasteiger partial charge in [0.25, 0.3) is 5.69 Å². The van der Waals surface area contributed by atoms with E-state index in [-0.39, 0.29) is 22.9 Å². The monoisotopic (exact) mass is 334 g/mol. The molecule has 1 aromatic carbocycles. The van der Waals surface area contributed by atoms with Gasteiger partial charge in [-0.2, -0.15) is 0 Å². The third-order valence-corrected chi connectivity index (χ3v) is 4.08. The van der Waals surface area contributed by atoms with E-state index >= 15 is 0 Å². The molecule has 0 atom stereocenters. The number of rotatable bonds is 5. The van der Waals surface area contributed by atoms with Crippen LogP contribution < -0.4 is 4.74 Å². The Kier molecular flexibility index (Phi) is 5.28. The van der Waals surface area contributed by atoms with E-state index in [0.29, 0.717) is 5.56 Å². The zero-order valence-corrected chi connectivity index (χ0v) is 13.3. The first-order chi connectivity index (χ1) is 11.3. The lowest BCUT2D eigenvalue weighted by Gasteiger charge is -2.23. The fraction of sp³-hybridized carbons (Fsp3) is 0.438. The lowest BCUT2D eigenvalue weighted by molar-refractivity contribution is -0.394. The molecule has 24 heavy (non-hydrogen) atoms. The van der Waals surface area contributed by atoms with Gasteiger partial charge in [0.05, 0.1) is 15.9 Å². The van der Waals surface area contributed by atoms with Crippen LogP contribution in [-0.4, -0.2) is 15.8 Å². The maximum Gasteiger partial charge on any atom is 0.338 e.